The zero-order chi connectivity index (χ0) is 23.3. The van der Waals surface area contributed by atoms with Gasteiger partial charge in [-0.2, -0.15) is 0 Å². The van der Waals surface area contributed by atoms with E-state index < -0.39 is 0 Å². The molecule has 0 spiro atoms. The van der Waals surface area contributed by atoms with Gasteiger partial charge >= 0.3 is 0 Å². The van der Waals surface area contributed by atoms with E-state index >= 15 is 0 Å². The molecule has 34 heavy (non-hydrogen) atoms. The molecule has 1 atom stereocenters. The Hall–Kier alpha value is -2.94. The number of benzene rings is 1. The predicted octanol–water partition coefficient (Wildman–Crippen LogP) is 4.68. The monoisotopic (exact) mass is 478 g/mol. The summed E-state index contributed by atoms with van der Waals surface area (Å²) >= 11 is 1.77. The molecular weight excluding hydrogens is 448 g/mol. The lowest BCUT2D eigenvalue weighted by Gasteiger charge is -2.20. The van der Waals surface area contributed by atoms with Crippen LogP contribution >= 0.6 is 11.3 Å². The molecule has 1 fully saturated rings. The molecule has 1 amide bonds. The number of H-pyrrole nitrogens is 1. The van der Waals surface area contributed by atoms with Crippen molar-refractivity contribution in [2.45, 2.75) is 45.4 Å². The number of aromatic nitrogens is 2. The van der Waals surface area contributed by atoms with Crippen LogP contribution in [0.3, 0.4) is 0 Å². The van der Waals surface area contributed by atoms with Gasteiger partial charge in [0.1, 0.15) is 6.26 Å². The van der Waals surface area contributed by atoms with Gasteiger partial charge in [-0.05, 0) is 54.8 Å². The number of nitrogens with one attached hydrogen (secondary N) is 2. The van der Waals surface area contributed by atoms with E-state index in [1.807, 2.05) is 6.07 Å². The van der Waals surface area contributed by atoms with Gasteiger partial charge in [0.2, 0.25) is 5.89 Å². The number of amides is 1. The maximum atomic E-state index is 12.5. The van der Waals surface area contributed by atoms with Gasteiger partial charge in [0.15, 0.2) is 5.69 Å². The lowest BCUT2D eigenvalue weighted by Crippen LogP contribution is -2.32. The van der Waals surface area contributed by atoms with E-state index in [4.69, 9.17) is 9.15 Å². The van der Waals surface area contributed by atoms with Gasteiger partial charge in [0.05, 0.1) is 12.6 Å². The number of para-hydroxylation sites is 1. The first-order valence-corrected chi connectivity index (χ1v) is 12.7. The van der Waals surface area contributed by atoms with E-state index in [1.165, 1.54) is 27.7 Å². The molecule has 7 nitrogen and oxygen atoms in total. The fraction of sp³-hybridized carbons (Fsp3) is 0.385. The summed E-state index contributed by atoms with van der Waals surface area (Å²) in [6.07, 6.45) is 6.59. The topological polar surface area (TPSA) is 83.4 Å². The van der Waals surface area contributed by atoms with Crippen molar-refractivity contribution >= 4 is 28.1 Å². The summed E-state index contributed by atoms with van der Waals surface area (Å²) in [7, 11) is 0. The normalized spacial score (nSPS) is 16.0. The third-order valence-electron chi connectivity index (χ3n) is 6.37. The fourth-order valence-corrected chi connectivity index (χ4v) is 5.33. The Morgan fingerprint density at radius 1 is 1.29 bits per heavy atom. The lowest BCUT2D eigenvalue weighted by atomic mass is 10.1. The van der Waals surface area contributed by atoms with Crippen LogP contribution in [0.15, 0.2) is 52.6 Å². The number of rotatable bonds is 10. The Kier molecular flexibility index (Phi) is 7.08. The number of ether oxygens (including phenoxy) is 1. The summed E-state index contributed by atoms with van der Waals surface area (Å²) in [5.41, 5.74) is 4.06. The van der Waals surface area contributed by atoms with Crippen LogP contribution in [0.25, 0.3) is 10.9 Å². The minimum atomic E-state index is -0.218. The number of fused-ring (bicyclic) bond motifs is 1. The van der Waals surface area contributed by atoms with E-state index in [2.05, 4.69) is 63.0 Å². The molecule has 1 aliphatic heterocycles. The Morgan fingerprint density at radius 3 is 3.03 bits per heavy atom. The summed E-state index contributed by atoms with van der Waals surface area (Å²) < 4.78 is 11.3. The molecule has 8 heteroatoms. The van der Waals surface area contributed by atoms with Crippen LogP contribution in [0.2, 0.25) is 0 Å². The highest BCUT2D eigenvalue weighted by Crippen LogP contribution is 2.22. The number of hydrogen-bond donors (Lipinski definition) is 2. The number of thiophene rings is 1. The van der Waals surface area contributed by atoms with Crippen LogP contribution in [0.1, 0.15) is 45.2 Å². The molecule has 2 N–H and O–H groups in total. The lowest BCUT2D eigenvalue weighted by molar-refractivity contribution is 0.0853. The molecule has 0 aliphatic carbocycles. The van der Waals surface area contributed by atoms with Gasteiger partial charge in [-0.15, -0.1) is 11.3 Å². The largest absolute Gasteiger partial charge is 0.447 e. The van der Waals surface area contributed by atoms with Crippen LogP contribution in [0.4, 0.5) is 0 Å². The minimum absolute atomic E-state index is 0.101. The Morgan fingerprint density at radius 2 is 2.21 bits per heavy atom. The van der Waals surface area contributed by atoms with Gasteiger partial charge in [-0.1, -0.05) is 18.2 Å². The number of aromatic amines is 1. The van der Waals surface area contributed by atoms with Crippen molar-refractivity contribution in [2.75, 3.05) is 19.7 Å². The zero-order valence-electron chi connectivity index (χ0n) is 19.4. The maximum absolute atomic E-state index is 12.5. The second kappa shape index (κ2) is 10.5. The molecule has 0 radical (unpaired) electrons. The van der Waals surface area contributed by atoms with Crippen molar-refractivity contribution in [3.8, 4) is 0 Å². The summed E-state index contributed by atoms with van der Waals surface area (Å²) in [4.78, 5) is 24.0. The van der Waals surface area contributed by atoms with Crippen molar-refractivity contribution in [3.05, 3.63) is 75.8 Å². The molecule has 4 aromatic rings. The second-order valence-corrected chi connectivity index (χ2v) is 9.82. The number of aryl methyl sites for hydroxylation is 1. The third-order valence-corrected chi connectivity index (χ3v) is 7.37. The highest BCUT2D eigenvalue weighted by atomic mass is 32.1. The smallest absolute Gasteiger partial charge is 0.273 e. The zero-order valence-corrected chi connectivity index (χ0v) is 20.2. The number of carbonyl (C=O) groups is 1. The van der Waals surface area contributed by atoms with Crippen molar-refractivity contribution in [3.63, 3.8) is 0 Å². The Bertz CT molecular complexity index is 1240. The molecule has 178 valence electrons. The van der Waals surface area contributed by atoms with Gasteiger partial charge in [0.25, 0.3) is 5.91 Å². The number of hydrogen-bond acceptors (Lipinski definition) is 6. The fourth-order valence-electron chi connectivity index (χ4n) is 4.38. The van der Waals surface area contributed by atoms with E-state index in [0.717, 1.165) is 44.5 Å². The molecule has 1 saturated heterocycles. The molecule has 1 unspecified atom stereocenters. The van der Waals surface area contributed by atoms with Crippen LogP contribution in [0, 0.1) is 6.92 Å². The van der Waals surface area contributed by atoms with Crippen LogP contribution in [-0.2, 0) is 24.2 Å². The highest BCUT2D eigenvalue weighted by Gasteiger charge is 2.20. The maximum Gasteiger partial charge on any atom is 0.273 e. The van der Waals surface area contributed by atoms with Gasteiger partial charge in [-0.25, -0.2) is 4.98 Å². The summed E-state index contributed by atoms with van der Waals surface area (Å²) in [6.45, 7) is 5.63. The number of oxazole rings is 1. The van der Waals surface area contributed by atoms with Gasteiger partial charge < -0.3 is 19.5 Å². The number of nitrogens with zero attached hydrogens (tertiary/aromatic N) is 2. The molecule has 0 saturated carbocycles. The quantitative estimate of drug-likeness (QED) is 0.346. The van der Waals surface area contributed by atoms with Gasteiger partial charge in [-0.3, -0.25) is 9.69 Å². The molecule has 1 aliphatic rings. The standard InChI is InChI=1S/C26H30N4O3S/c1-18-9-12-34-24(18)15-30(10-8-19-13-27-22-7-3-2-6-21(19)22)16-25-29-23(17-33-25)26(31)28-14-20-5-4-11-32-20/h2-3,6-7,9,12-13,17,20,27H,4-5,8,10-11,14-16H2,1H3,(H,28,31). The Balaban J connectivity index is 1.25. The summed E-state index contributed by atoms with van der Waals surface area (Å²) in [6, 6.07) is 10.5. The van der Waals surface area contributed by atoms with Crippen LogP contribution < -0.4 is 5.32 Å². The van der Waals surface area contributed by atoms with E-state index in [1.54, 1.807) is 11.3 Å². The third kappa shape index (κ3) is 5.41. The second-order valence-electron chi connectivity index (χ2n) is 8.82. The molecule has 1 aromatic carbocycles. The van der Waals surface area contributed by atoms with Crippen molar-refractivity contribution < 1.29 is 13.9 Å². The average Bonchev–Trinajstić information content (AvgIpc) is 3.65. The molecule has 4 heterocycles. The SMILES string of the molecule is Cc1ccsc1CN(CCc1c[nH]c2ccccc12)Cc1nc(C(=O)NCC2CCCO2)co1. The van der Waals surface area contributed by atoms with Crippen molar-refractivity contribution in [1.82, 2.24) is 20.2 Å². The number of carbonyl (C=O) groups excluding carboxylic acids is 1. The summed E-state index contributed by atoms with van der Waals surface area (Å²) in [5.74, 6) is 0.334. The van der Waals surface area contributed by atoms with Crippen LogP contribution in [-0.4, -0.2) is 46.6 Å². The Labute approximate surface area is 203 Å². The summed E-state index contributed by atoms with van der Waals surface area (Å²) in [5, 5.41) is 6.30. The molecular formula is C26H30N4O3S. The first kappa shape index (κ1) is 22.8. The minimum Gasteiger partial charge on any atom is -0.447 e. The molecule has 3 aromatic heterocycles. The van der Waals surface area contributed by atoms with E-state index in [-0.39, 0.29) is 12.0 Å². The molecule has 0 bridgehead atoms. The van der Waals surface area contributed by atoms with Crippen molar-refractivity contribution in [1.29, 1.82) is 0 Å². The van der Waals surface area contributed by atoms with Crippen LogP contribution in [0.5, 0.6) is 0 Å². The predicted molar refractivity (Wildman–Crippen MR) is 133 cm³/mol. The highest BCUT2D eigenvalue weighted by molar-refractivity contribution is 7.10. The van der Waals surface area contributed by atoms with E-state index in [9.17, 15) is 4.79 Å². The van der Waals surface area contributed by atoms with E-state index in [0.29, 0.717) is 24.7 Å². The first-order chi connectivity index (χ1) is 16.7. The average molecular weight is 479 g/mol. The molecule has 5 rings (SSSR count). The van der Waals surface area contributed by atoms with Gasteiger partial charge in [0, 0.05) is 48.2 Å². The van der Waals surface area contributed by atoms with Crippen molar-refractivity contribution in [2.24, 2.45) is 0 Å². The first-order valence-electron chi connectivity index (χ1n) is 11.8.